The Labute approximate surface area is 447 Å². The highest BCUT2D eigenvalue weighted by Crippen LogP contribution is 2.38. The SMILES string of the molecule is CC/C=C\C/C=C\C/C=C\C/C=C\C/C=C\C/C=C\C/C=C\C/C=C\C/C=C\C/C=C\C/C=C\CCCCCC(=O)NC(COP(=O)([O-])OCC[N+](C)(C)C)C(O)C(O)CCC/C=C/CCCCCCCCC. The number of phosphoric acid groups is 1. The number of carbonyl (C=O) groups is 1. The van der Waals surface area contributed by atoms with E-state index >= 15 is 0 Å². The average Bonchev–Trinajstić information content (AvgIpc) is 3.35. The van der Waals surface area contributed by atoms with Gasteiger partial charge in [-0.2, -0.15) is 0 Å². The van der Waals surface area contributed by atoms with Crippen LogP contribution in [0.25, 0.3) is 0 Å². The van der Waals surface area contributed by atoms with Crippen molar-refractivity contribution in [3.05, 3.63) is 146 Å². The van der Waals surface area contributed by atoms with Crippen LogP contribution in [-0.2, 0) is 18.4 Å². The fourth-order valence-corrected chi connectivity index (χ4v) is 7.92. The summed E-state index contributed by atoms with van der Waals surface area (Å²) in [4.78, 5) is 25.5. The van der Waals surface area contributed by atoms with Gasteiger partial charge in [-0.3, -0.25) is 9.36 Å². The Kier molecular flexibility index (Phi) is 49.2. The van der Waals surface area contributed by atoms with Gasteiger partial charge in [-0.1, -0.05) is 205 Å². The van der Waals surface area contributed by atoms with Crippen LogP contribution in [-0.4, -0.2) is 79.8 Å². The number of quaternary nitrogens is 1. The molecule has 0 rings (SSSR count). The Bertz CT molecular complexity index is 1710. The van der Waals surface area contributed by atoms with Crippen molar-refractivity contribution in [1.82, 2.24) is 5.32 Å². The number of aliphatic hydroxyl groups excluding tert-OH is 2. The molecule has 0 bridgehead atoms. The van der Waals surface area contributed by atoms with Crippen molar-refractivity contribution in [2.45, 2.75) is 205 Å². The number of phosphoric ester groups is 1. The van der Waals surface area contributed by atoms with Gasteiger partial charge in [0.25, 0.3) is 7.82 Å². The molecule has 0 aliphatic rings. The van der Waals surface area contributed by atoms with E-state index in [1.54, 1.807) is 0 Å². The Morgan fingerprint density at radius 3 is 1.27 bits per heavy atom. The van der Waals surface area contributed by atoms with Crippen molar-refractivity contribution < 1.29 is 38.0 Å². The van der Waals surface area contributed by atoms with Gasteiger partial charge in [-0.05, 0) is 122 Å². The third kappa shape index (κ3) is 53.0. The zero-order valence-corrected chi connectivity index (χ0v) is 47.5. The van der Waals surface area contributed by atoms with Crippen LogP contribution in [0.2, 0.25) is 0 Å². The zero-order chi connectivity index (χ0) is 53.6. The van der Waals surface area contributed by atoms with Crippen molar-refractivity contribution in [3.63, 3.8) is 0 Å². The van der Waals surface area contributed by atoms with E-state index in [-0.39, 0.29) is 18.9 Å². The van der Waals surface area contributed by atoms with Gasteiger partial charge < -0.3 is 34.0 Å². The molecule has 0 aliphatic heterocycles. The molecule has 4 unspecified atom stereocenters. The van der Waals surface area contributed by atoms with Crippen molar-refractivity contribution in [1.29, 1.82) is 0 Å². The molecule has 0 fully saturated rings. The van der Waals surface area contributed by atoms with Crippen LogP contribution in [0.4, 0.5) is 0 Å². The maximum atomic E-state index is 13.0. The maximum Gasteiger partial charge on any atom is 0.268 e. The van der Waals surface area contributed by atoms with E-state index in [0.717, 1.165) is 103 Å². The number of allylic oxidation sites excluding steroid dienone is 24. The van der Waals surface area contributed by atoms with Gasteiger partial charge in [-0.15, -0.1) is 0 Å². The Morgan fingerprint density at radius 1 is 0.507 bits per heavy atom. The molecule has 9 nitrogen and oxygen atoms in total. The number of aliphatic hydroxyl groups is 2. The minimum absolute atomic E-state index is 0.0612. The number of amides is 1. The Morgan fingerprint density at radius 2 is 0.863 bits per heavy atom. The van der Waals surface area contributed by atoms with Crippen molar-refractivity contribution in [2.75, 3.05) is 40.9 Å². The van der Waals surface area contributed by atoms with Crippen molar-refractivity contribution in [3.8, 4) is 0 Å². The van der Waals surface area contributed by atoms with Gasteiger partial charge in [0.05, 0.1) is 39.9 Å². The van der Waals surface area contributed by atoms with Crippen LogP contribution >= 0.6 is 7.82 Å². The van der Waals surface area contributed by atoms with E-state index in [1.165, 1.54) is 44.9 Å². The number of likely N-dealkylation sites (N-methyl/N-ethyl adjacent to an activating group) is 1. The van der Waals surface area contributed by atoms with Gasteiger partial charge in [-0.25, -0.2) is 0 Å². The molecule has 0 aromatic carbocycles. The summed E-state index contributed by atoms with van der Waals surface area (Å²) in [6.45, 7) is 4.24. The van der Waals surface area contributed by atoms with Crippen LogP contribution in [0.15, 0.2) is 146 Å². The highest BCUT2D eigenvalue weighted by molar-refractivity contribution is 7.45. The lowest BCUT2D eigenvalue weighted by Crippen LogP contribution is -2.51. The summed E-state index contributed by atoms with van der Waals surface area (Å²) in [5.74, 6) is -0.328. The molecule has 0 aromatic heterocycles. The van der Waals surface area contributed by atoms with Crippen LogP contribution < -0.4 is 10.2 Å². The number of nitrogens with one attached hydrogen (secondary N) is 1. The third-order valence-corrected chi connectivity index (χ3v) is 12.6. The van der Waals surface area contributed by atoms with Gasteiger partial charge in [0, 0.05) is 6.42 Å². The molecule has 0 heterocycles. The molecule has 0 saturated heterocycles. The molecule has 0 radical (unpaired) electrons. The fourth-order valence-electron chi connectivity index (χ4n) is 7.20. The molecule has 414 valence electrons. The number of hydrogen-bond acceptors (Lipinski definition) is 7. The van der Waals surface area contributed by atoms with Crippen LogP contribution in [0.5, 0.6) is 0 Å². The lowest BCUT2D eigenvalue weighted by atomic mass is 10.0. The maximum absolute atomic E-state index is 13.0. The first-order chi connectivity index (χ1) is 35.4. The molecular weight excluding hydrogens is 928 g/mol. The number of carbonyl (C=O) groups excluding carboxylic acids is 1. The van der Waals surface area contributed by atoms with E-state index in [9.17, 15) is 24.5 Å². The second kappa shape index (κ2) is 51.8. The minimum atomic E-state index is -4.70. The topological polar surface area (TPSA) is 128 Å². The molecule has 4 atom stereocenters. The van der Waals surface area contributed by atoms with E-state index < -0.39 is 32.7 Å². The third-order valence-electron chi connectivity index (χ3n) is 11.7. The second-order valence-corrected chi connectivity index (χ2v) is 21.1. The molecular formula is C63H105N2O7P. The molecule has 0 aliphatic carbocycles. The summed E-state index contributed by atoms with van der Waals surface area (Å²) in [5.41, 5.74) is 0. The molecule has 0 spiro atoms. The minimum Gasteiger partial charge on any atom is -0.756 e. The standard InChI is InChI=1S/C63H105N2O7P/c1-6-8-10-12-14-16-18-20-21-22-23-24-25-26-27-28-29-30-31-32-33-34-35-36-37-38-39-40-41-42-43-44-46-48-50-52-54-56-62(67)64-60(59-72-73(69,70)71-58-57-65(3,4)5)63(68)61(66)55-53-51-49-47-45-19-17-15-13-11-9-7-2/h8,10,14,16,20-21,23-24,26-27,29-30,32-33,35-36,38-39,41-42,44,46-47,49,60-61,63,66,68H,6-7,9,11-13,15,17-19,22,25,28,31,34,37,40,43,45,48,50-59H2,1-5H3,(H-,64,67,69,70)/b10-8-,16-14-,21-20-,24-23-,27-26-,30-29-,33-32-,36-35-,39-38-,42-41-,46-44-,49-47+. The molecule has 0 saturated carbocycles. The molecule has 3 N–H and O–H groups in total. The van der Waals surface area contributed by atoms with Gasteiger partial charge in [0.15, 0.2) is 0 Å². The smallest absolute Gasteiger partial charge is 0.268 e. The Hall–Kier alpha value is -3.66. The second-order valence-electron chi connectivity index (χ2n) is 19.7. The number of rotatable bonds is 49. The monoisotopic (exact) mass is 1030 g/mol. The van der Waals surface area contributed by atoms with Gasteiger partial charge in [0.2, 0.25) is 5.91 Å². The largest absolute Gasteiger partial charge is 0.756 e. The average molecular weight is 1030 g/mol. The summed E-state index contributed by atoms with van der Waals surface area (Å²) in [5, 5.41) is 24.6. The normalized spacial score (nSPS) is 15.5. The first-order valence-electron chi connectivity index (χ1n) is 28.3. The first-order valence-corrected chi connectivity index (χ1v) is 29.7. The van der Waals surface area contributed by atoms with Crippen molar-refractivity contribution in [2.24, 2.45) is 0 Å². The summed E-state index contributed by atoms with van der Waals surface area (Å²) >= 11 is 0. The predicted octanol–water partition coefficient (Wildman–Crippen LogP) is 15.6. The highest BCUT2D eigenvalue weighted by atomic mass is 31.2. The lowest BCUT2D eigenvalue weighted by Gasteiger charge is -2.31. The summed E-state index contributed by atoms with van der Waals surface area (Å²) in [6.07, 6.45) is 76.3. The van der Waals surface area contributed by atoms with E-state index in [4.69, 9.17) is 9.05 Å². The van der Waals surface area contributed by atoms with Crippen molar-refractivity contribution >= 4 is 13.7 Å². The highest BCUT2D eigenvalue weighted by Gasteiger charge is 2.29. The molecule has 1 amide bonds. The van der Waals surface area contributed by atoms with Crippen LogP contribution in [0.3, 0.4) is 0 Å². The quantitative estimate of drug-likeness (QED) is 0.0240. The van der Waals surface area contributed by atoms with E-state index in [1.807, 2.05) is 21.1 Å². The number of nitrogens with zero attached hydrogens (tertiary/aromatic N) is 1. The number of unbranched alkanes of at least 4 members (excludes halogenated alkanes) is 11. The van der Waals surface area contributed by atoms with E-state index in [0.29, 0.717) is 30.3 Å². The first kappa shape index (κ1) is 69.3. The zero-order valence-electron chi connectivity index (χ0n) is 46.6. The van der Waals surface area contributed by atoms with Gasteiger partial charge in [0.1, 0.15) is 19.3 Å². The molecule has 0 aromatic rings. The van der Waals surface area contributed by atoms with Gasteiger partial charge >= 0.3 is 0 Å². The van der Waals surface area contributed by atoms with Crippen LogP contribution in [0, 0.1) is 0 Å². The lowest BCUT2D eigenvalue weighted by molar-refractivity contribution is -0.870. The molecule has 10 heteroatoms. The molecule has 73 heavy (non-hydrogen) atoms. The fraction of sp³-hybridized carbons (Fsp3) is 0.603. The van der Waals surface area contributed by atoms with E-state index in [2.05, 4.69) is 165 Å². The summed E-state index contributed by atoms with van der Waals surface area (Å²) in [6, 6.07) is -1.12. The Balaban J connectivity index is 4.33. The number of hydrogen-bond donors (Lipinski definition) is 3. The van der Waals surface area contributed by atoms with Crippen LogP contribution in [0.1, 0.15) is 187 Å². The predicted molar refractivity (Wildman–Crippen MR) is 312 cm³/mol. The summed E-state index contributed by atoms with van der Waals surface area (Å²) < 4.78 is 23.2. The summed E-state index contributed by atoms with van der Waals surface area (Å²) in [7, 11) is 1.06.